The van der Waals surface area contributed by atoms with Crippen LogP contribution < -0.4 is 25.0 Å². The number of nitrogens with one attached hydrogen (secondary N) is 1. The summed E-state index contributed by atoms with van der Waals surface area (Å²) in [7, 11) is 5.80. The lowest BCUT2D eigenvalue weighted by atomic mass is 10.1. The van der Waals surface area contributed by atoms with Crippen molar-refractivity contribution < 1.29 is 28.5 Å². The maximum Gasteiger partial charge on any atom is 0.340 e. The zero-order chi connectivity index (χ0) is 23.4. The maximum atomic E-state index is 13.1. The molecule has 0 bridgehead atoms. The van der Waals surface area contributed by atoms with Crippen molar-refractivity contribution in [3.63, 3.8) is 0 Å². The van der Waals surface area contributed by atoms with Gasteiger partial charge in [-0.25, -0.2) is 4.79 Å². The number of pyridine rings is 1. The Kier molecular flexibility index (Phi) is 6.67. The van der Waals surface area contributed by atoms with Gasteiger partial charge in [-0.05, 0) is 25.1 Å². The van der Waals surface area contributed by atoms with E-state index in [0.29, 0.717) is 29.0 Å². The average Bonchev–Trinajstić information content (AvgIpc) is 2.80. The molecule has 168 valence electrons. The van der Waals surface area contributed by atoms with Crippen molar-refractivity contribution in [2.45, 2.75) is 6.92 Å². The Morgan fingerprint density at radius 2 is 1.69 bits per heavy atom. The number of ether oxygens (including phenoxy) is 4. The van der Waals surface area contributed by atoms with Crippen LogP contribution in [0.2, 0.25) is 0 Å². The van der Waals surface area contributed by atoms with Crippen molar-refractivity contribution in [3.8, 4) is 17.2 Å². The van der Waals surface area contributed by atoms with Crippen molar-refractivity contribution in [2.24, 2.45) is 7.05 Å². The Morgan fingerprint density at radius 1 is 1.00 bits per heavy atom. The molecule has 2 aromatic carbocycles. The number of fused-ring (bicyclic) bond motifs is 1. The van der Waals surface area contributed by atoms with Gasteiger partial charge in [0.15, 0.2) is 11.5 Å². The second-order valence-electron chi connectivity index (χ2n) is 6.79. The lowest BCUT2D eigenvalue weighted by molar-refractivity contribution is 0.0601. The third kappa shape index (κ3) is 4.22. The number of anilines is 1. The van der Waals surface area contributed by atoms with Crippen LogP contribution in [0.5, 0.6) is 17.2 Å². The summed E-state index contributed by atoms with van der Waals surface area (Å²) >= 11 is 0. The molecule has 1 aromatic heterocycles. The number of hydrogen-bond donors (Lipinski definition) is 1. The fraction of sp³-hybridized carbons (Fsp3) is 0.261. The predicted molar refractivity (Wildman–Crippen MR) is 119 cm³/mol. The summed E-state index contributed by atoms with van der Waals surface area (Å²) in [6.45, 7) is 2.29. The van der Waals surface area contributed by atoms with Crippen molar-refractivity contribution in [1.82, 2.24) is 4.57 Å². The highest BCUT2D eigenvalue weighted by Gasteiger charge is 2.21. The van der Waals surface area contributed by atoms with Gasteiger partial charge in [0.25, 0.3) is 5.91 Å². The second kappa shape index (κ2) is 9.42. The number of rotatable bonds is 7. The molecule has 0 aliphatic carbocycles. The van der Waals surface area contributed by atoms with Crippen LogP contribution >= 0.6 is 0 Å². The summed E-state index contributed by atoms with van der Waals surface area (Å²) in [4.78, 5) is 38.4. The Bertz CT molecular complexity index is 1250. The van der Waals surface area contributed by atoms with Crippen molar-refractivity contribution in [2.75, 3.05) is 33.3 Å². The van der Waals surface area contributed by atoms with Gasteiger partial charge in [0.2, 0.25) is 5.43 Å². The van der Waals surface area contributed by atoms with Crippen molar-refractivity contribution >= 4 is 28.5 Å². The molecule has 0 aliphatic rings. The third-order valence-electron chi connectivity index (χ3n) is 4.89. The minimum Gasteiger partial charge on any atom is -0.494 e. The van der Waals surface area contributed by atoms with E-state index in [0.717, 1.165) is 0 Å². The van der Waals surface area contributed by atoms with Gasteiger partial charge in [-0.1, -0.05) is 0 Å². The molecule has 0 saturated carbocycles. The van der Waals surface area contributed by atoms with Crippen LogP contribution in [0, 0.1) is 0 Å². The Morgan fingerprint density at radius 3 is 2.31 bits per heavy atom. The molecular weight excluding hydrogens is 416 g/mol. The molecule has 3 rings (SSSR count). The first kappa shape index (κ1) is 22.7. The van der Waals surface area contributed by atoms with Crippen LogP contribution in [-0.2, 0) is 11.8 Å². The van der Waals surface area contributed by atoms with E-state index >= 15 is 0 Å². The van der Waals surface area contributed by atoms with E-state index in [1.165, 1.54) is 39.7 Å². The van der Waals surface area contributed by atoms with E-state index in [2.05, 4.69) is 5.32 Å². The topological polar surface area (TPSA) is 105 Å². The van der Waals surface area contributed by atoms with Gasteiger partial charge >= 0.3 is 5.97 Å². The highest BCUT2D eigenvalue weighted by Crippen LogP contribution is 2.34. The van der Waals surface area contributed by atoms with E-state index in [4.69, 9.17) is 18.9 Å². The van der Waals surface area contributed by atoms with E-state index in [-0.39, 0.29) is 22.6 Å². The van der Waals surface area contributed by atoms with Crippen LogP contribution in [0.1, 0.15) is 27.6 Å². The standard InChI is InChI=1S/C23H24N2O7/c1-6-32-13-7-8-18-15(9-13)21(26)16(12-25(18)2)22(27)24-17-11-20(30-4)19(29-3)10-14(17)23(28)31-5/h7-12H,6H2,1-5H3,(H,24,27). The molecule has 0 saturated heterocycles. The number of aromatic nitrogens is 1. The van der Waals surface area contributed by atoms with E-state index < -0.39 is 17.3 Å². The fourth-order valence-corrected chi connectivity index (χ4v) is 3.34. The quantitative estimate of drug-likeness (QED) is 0.563. The van der Waals surface area contributed by atoms with Crippen LogP contribution in [0.25, 0.3) is 10.9 Å². The number of amides is 1. The maximum absolute atomic E-state index is 13.1. The largest absolute Gasteiger partial charge is 0.494 e. The van der Waals surface area contributed by atoms with Gasteiger partial charge < -0.3 is 28.8 Å². The van der Waals surface area contributed by atoms with E-state index in [1.54, 1.807) is 29.8 Å². The molecule has 0 atom stereocenters. The summed E-state index contributed by atoms with van der Waals surface area (Å²) < 4.78 is 22.4. The number of benzene rings is 2. The van der Waals surface area contributed by atoms with Crippen molar-refractivity contribution in [1.29, 1.82) is 0 Å². The first-order chi connectivity index (χ1) is 15.3. The predicted octanol–water partition coefficient (Wildman–Crippen LogP) is 2.99. The first-order valence-corrected chi connectivity index (χ1v) is 9.76. The molecule has 0 unspecified atom stereocenters. The van der Waals surface area contributed by atoms with E-state index in [1.807, 2.05) is 6.92 Å². The minimum atomic E-state index is -0.688. The third-order valence-corrected chi connectivity index (χ3v) is 4.89. The van der Waals surface area contributed by atoms with Gasteiger partial charge in [0.1, 0.15) is 11.3 Å². The second-order valence-corrected chi connectivity index (χ2v) is 6.79. The number of carbonyl (C=O) groups excluding carboxylic acids is 2. The normalized spacial score (nSPS) is 10.5. The SMILES string of the molecule is CCOc1ccc2c(c1)c(=O)c(C(=O)Nc1cc(OC)c(OC)cc1C(=O)OC)cn2C. The molecule has 1 heterocycles. The van der Waals surface area contributed by atoms with Gasteiger partial charge in [0, 0.05) is 25.4 Å². The number of nitrogens with zero attached hydrogens (tertiary/aromatic N) is 1. The molecule has 9 nitrogen and oxygen atoms in total. The van der Waals surface area contributed by atoms with Crippen LogP contribution in [0.4, 0.5) is 5.69 Å². The molecule has 0 spiro atoms. The molecule has 3 aromatic rings. The lowest BCUT2D eigenvalue weighted by Crippen LogP contribution is -2.24. The molecule has 0 aliphatic heterocycles. The van der Waals surface area contributed by atoms with Gasteiger partial charge in [0.05, 0.1) is 50.1 Å². The Hall–Kier alpha value is -4.01. The first-order valence-electron chi connectivity index (χ1n) is 9.76. The van der Waals surface area contributed by atoms with Crippen molar-refractivity contribution in [3.05, 3.63) is 57.9 Å². The smallest absolute Gasteiger partial charge is 0.340 e. The number of aryl methyl sites for hydroxylation is 1. The van der Waals surface area contributed by atoms with E-state index in [9.17, 15) is 14.4 Å². The average molecular weight is 440 g/mol. The summed E-state index contributed by atoms with van der Waals surface area (Å²) in [5.74, 6) is -0.262. The van der Waals surface area contributed by atoms with Gasteiger partial charge in [-0.3, -0.25) is 9.59 Å². The minimum absolute atomic E-state index is 0.0507. The molecule has 9 heteroatoms. The van der Waals surface area contributed by atoms with Crippen LogP contribution in [-0.4, -0.2) is 44.4 Å². The highest BCUT2D eigenvalue weighted by molar-refractivity contribution is 6.09. The summed E-state index contributed by atoms with van der Waals surface area (Å²) in [6, 6.07) is 7.95. The fourth-order valence-electron chi connectivity index (χ4n) is 3.34. The van der Waals surface area contributed by atoms with Crippen LogP contribution in [0.3, 0.4) is 0 Å². The van der Waals surface area contributed by atoms with Crippen LogP contribution in [0.15, 0.2) is 41.3 Å². The number of carbonyl (C=O) groups is 2. The lowest BCUT2D eigenvalue weighted by Gasteiger charge is -2.15. The zero-order valence-electron chi connectivity index (χ0n) is 18.5. The summed E-state index contributed by atoms with van der Waals surface area (Å²) in [6.07, 6.45) is 1.44. The molecule has 0 fully saturated rings. The number of esters is 1. The molecule has 32 heavy (non-hydrogen) atoms. The Labute approximate surface area is 184 Å². The highest BCUT2D eigenvalue weighted by atomic mass is 16.5. The monoisotopic (exact) mass is 440 g/mol. The molecule has 1 N–H and O–H groups in total. The number of methoxy groups -OCH3 is 3. The summed E-state index contributed by atoms with van der Waals surface area (Å²) in [5.41, 5.74) is 0.257. The molecule has 1 amide bonds. The van der Waals surface area contributed by atoms with Gasteiger partial charge in [-0.2, -0.15) is 0 Å². The summed E-state index contributed by atoms with van der Waals surface area (Å²) in [5, 5.41) is 2.96. The Balaban J connectivity index is 2.09. The van der Waals surface area contributed by atoms with Gasteiger partial charge in [-0.15, -0.1) is 0 Å². The zero-order valence-corrected chi connectivity index (χ0v) is 18.5. The molecular formula is C23H24N2O7. The molecule has 0 radical (unpaired) electrons. The number of hydrogen-bond acceptors (Lipinski definition) is 7.